The fraction of sp³-hybridized carbons (Fsp3) is 0.191. The largest absolute Gasteiger partial charge is 0.501 e. The minimum absolute atomic E-state index is 0. The molecular weight excluding hydrogens is 1090 g/mol. The summed E-state index contributed by atoms with van der Waals surface area (Å²) >= 11 is 0. The maximum atomic E-state index is 7.65. The molecule has 75 heavy (non-hydrogen) atoms. The molecule has 7 heteroatoms. The van der Waals surface area contributed by atoms with Crippen LogP contribution in [0.25, 0.3) is 116 Å². The Morgan fingerprint density at radius 3 is 2.07 bits per heavy atom. The van der Waals surface area contributed by atoms with E-state index in [1.165, 1.54) is 89.6 Å². The van der Waals surface area contributed by atoms with Gasteiger partial charge in [-0.3, -0.25) is 15.0 Å². The van der Waals surface area contributed by atoms with E-state index in [1.807, 2.05) is 26.8 Å². The Hall–Kier alpha value is -7.70. The molecule has 13 aromatic rings. The van der Waals surface area contributed by atoms with Crippen LogP contribution in [0.3, 0.4) is 0 Å². The van der Waals surface area contributed by atoms with E-state index in [9.17, 15) is 0 Å². The Bertz CT molecular complexity index is 4550. The second-order valence-electron chi connectivity index (χ2n) is 21.1. The fourth-order valence-corrected chi connectivity index (χ4v) is 10.8. The summed E-state index contributed by atoms with van der Waals surface area (Å²) in [5, 5.41) is 9.56. The quantitative estimate of drug-likeness (QED) is 0.123. The SMILES string of the molecule is CC(C)c1cc(-c2ccc3c4ccccc4n(C)c3c2)cc(C(C)C)c1-n1c(-c2[c-]ccc3c2oc2cc4c(ccc5ccccc54)cc23)nc2ccccc21.[2H]C([2H])([2H])c1c[c-]c(-c2ncc(C([2H])([2H])[2H])c(C(C)(C)C)n2)cc1.[Ir]. The van der Waals surface area contributed by atoms with E-state index >= 15 is 0 Å². The smallest absolute Gasteiger partial charge is 0.121 e. The van der Waals surface area contributed by atoms with E-state index in [1.54, 1.807) is 6.07 Å². The van der Waals surface area contributed by atoms with Crippen molar-refractivity contribution < 1.29 is 32.7 Å². The van der Waals surface area contributed by atoms with Gasteiger partial charge in [-0.15, -0.1) is 53.6 Å². The van der Waals surface area contributed by atoms with Gasteiger partial charge in [-0.2, -0.15) is 0 Å². The first-order chi connectivity index (χ1) is 38.1. The van der Waals surface area contributed by atoms with Crippen LogP contribution >= 0.6 is 0 Å². The number of para-hydroxylation sites is 3. The third kappa shape index (κ3) is 8.62. The number of aromatic nitrogens is 5. The van der Waals surface area contributed by atoms with Crippen molar-refractivity contribution in [3.63, 3.8) is 0 Å². The van der Waals surface area contributed by atoms with Gasteiger partial charge in [0.15, 0.2) is 0 Å². The molecule has 0 saturated heterocycles. The molecule has 0 aliphatic rings. The Morgan fingerprint density at radius 2 is 1.33 bits per heavy atom. The molecule has 0 aliphatic carbocycles. The summed E-state index contributed by atoms with van der Waals surface area (Å²) in [6.45, 7) is 10.4. The number of fused-ring (bicyclic) bond motifs is 10. The van der Waals surface area contributed by atoms with Crippen LogP contribution in [0.4, 0.5) is 0 Å². The predicted molar refractivity (Wildman–Crippen MR) is 310 cm³/mol. The zero-order chi connectivity index (χ0) is 56.2. The normalized spacial score (nSPS) is 13.5. The Balaban J connectivity index is 0.000000233. The number of aryl methyl sites for hydroxylation is 3. The monoisotopic (exact) mass is 1160 g/mol. The average molecular weight is 1160 g/mol. The second-order valence-corrected chi connectivity index (χ2v) is 21.1. The van der Waals surface area contributed by atoms with E-state index in [2.05, 4.69) is 199 Å². The fourth-order valence-electron chi connectivity index (χ4n) is 10.8. The van der Waals surface area contributed by atoms with Gasteiger partial charge in [-0.1, -0.05) is 145 Å². The third-order valence-electron chi connectivity index (χ3n) is 14.5. The summed E-state index contributed by atoms with van der Waals surface area (Å²) in [4.78, 5) is 14.0. The van der Waals surface area contributed by atoms with Crippen LogP contribution in [0.5, 0.6) is 0 Å². The van der Waals surface area contributed by atoms with E-state index < -0.39 is 19.1 Å². The summed E-state index contributed by atoms with van der Waals surface area (Å²) in [6.07, 6.45) is 1.32. The number of rotatable bonds is 6. The zero-order valence-electron chi connectivity index (χ0n) is 49.2. The summed E-state index contributed by atoms with van der Waals surface area (Å²) < 4.78 is 56.7. The van der Waals surface area contributed by atoms with E-state index in [0.717, 1.165) is 44.4 Å². The molecule has 0 N–H and O–H groups in total. The van der Waals surface area contributed by atoms with Crippen molar-refractivity contribution in [3.8, 4) is 39.6 Å². The number of hydrogen-bond donors (Lipinski definition) is 0. The van der Waals surface area contributed by atoms with Crippen molar-refractivity contribution in [2.24, 2.45) is 7.05 Å². The van der Waals surface area contributed by atoms with E-state index in [4.69, 9.17) is 17.6 Å². The molecule has 9 aromatic carbocycles. The summed E-state index contributed by atoms with van der Waals surface area (Å²) in [7, 11) is 2.17. The molecule has 6 nitrogen and oxygen atoms in total. The van der Waals surface area contributed by atoms with Crippen LogP contribution in [0.2, 0.25) is 0 Å². The molecule has 0 bridgehead atoms. The van der Waals surface area contributed by atoms with Crippen molar-refractivity contribution in [3.05, 3.63) is 204 Å². The number of benzene rings is 9. The number of imidazole rings is 1. The average Bonchev–Trinajstić information content (AvgIpc) is 3.37. The van der Waals surface area contributed by atoms with Crippen LogP contribution in [0.15, 0.2) is 168 Å². The van der Waals surface area contributed by atoms with Gasteiger partial charge in [-0.05, 0) is 117 Å². The van der Waals surface area contributed by atoms with Gasteiger partial charge in [0.25, 0.3) is 0 Å². The Kier molecular flexibility index (Phi) is 10.9. The maximum Gasteiger partial charge on any atom is 0.121 e. The molecule has 4 aromatic heterocycles. The molecular formula is C68H59IrN5O-2. The molecule has 0 fully saturated rings. The molecule has 373 valence electrons. The van der Waals surface area contributed by atoms with Crippen molar-refractivity contribution in [1.82, 2.24) is 24.1 Å². The molecule has 0 spiro atoms. The van der Waals surface area contributed by atoms with Gasteiger partial charge in [0.05, 0.1) is 28.3 Å². The van der Waals surface area contributed by atoms with Crippen LogP contribution in [0, 0.1) is 25.8 Å². The second kappa shape index (κ2) is 19.2. The molecule has 0 unspecified atom stereocenters. The van der Waals surface area contributed by atoms with Crippen LogP contribution < -0.4 is 0 Å². The molecule has 0 atom stereocenters. The van der Waals surface area contributed by atoms with Gasteiger partial charge < -0.3 is 13.6 Å². The van der Waals surface area contributed by atoms with E-state index in [0.29, 0.717) is 17.1 Å². The first-order valence-electron chi connectivity index (χ1n) is 28.4. The van der Waals surface area contributed by atoms with Crippen LogP contribution in [-0.2, 0) is 32.6 Å². The van der Waals surface area contributed by atoms with Crippen molar-refractivity contribution in [2.45, 2.75) is 79.4 Å². The molecule has 0 saturated carbocycles. The predicted octanol–water partition coefficient (Wildman–Crippen LogP) is 18.1. The van der Waals surface area contributed by atoms with Crippen LogP contribution in [-0.4, -0.2) is 24.1 Å². The van der Waals surface area contributed by atoms with Gasteiger partial charge in [0.2, 0.25) is 0 Å². The first kappa shape index (κ1) is 42.6. The summed E-state index contributed by atoms with van der Waals surface area (Å²) in [5.74, 6) is 1.64. The minimum Gasteiger partial charge on any atom is -0.501 e. The first-order valence-corrected chi connectivity index (χ1v) is 25.4. The summed E-state index contributed by atoms with van der Waals surface area (Å²) in [6, 6.07) is 61.5. The molecule has 0 amide bonds. The molecule has 0 aliphatic heterocycles. The van der Waals surface area contributed by atoms with Gasteiger partial charge >= 0.3 is 0 Å². The maximum absolute atomic E-state index is 7.65. The van der Waals surface area contributed by atoms with Gasteiger partial charge in [0.1, 0.15) is 5.58 Å². The number of furan rings is 1. The van der Waals surface area contributed by atoms with Gasteiger partial charge in [-0.25, -0.2) is 0 Å². The minimum atomic E-state index is -2.30. The third-order valence-corrected chi connectivity index (χ3v) is 14.5. The number of hydrogen-bond acceptors (Lipinski definition) is 4. The molecule has 4 heterocycles. The van der Waals surface area contributed by atoms with Crippen LogP contribution in [0.1, 0.15) is 96.5 Å². The Morgan fingerprint density at radius 1 is 0.613 bits per heavy atom. The van der Waals surface area contributed by atoms with Gasteiger partial charge in [0, 0.05) is 85.6 Å². The summed E-state index contributed by atoms with van der Waals surface area (Å²) in [5.41, 5.74) is 14.0. The van der Waals surface area contributed by atoms with E-state index in [-0.39, 0.29) is 43.1 Å². The number of nitrogens with zero attached hydrogens (tertiary/aromatic N) is 5. The molecule has 13 rings (SSSR count). The Labute approximate surface area is 460 Å². The standard InChI is InChI=1S/C52H40N3O.C16H19N2.Ir/c1-30(2)41-26-35(33-23-24-38-37-15-8-10-19-46(37)54(5)48(38)28-33)27-42(31(3)4)50(41)55-47-20-11-9-18-45(47)53-52(55)40-17-12-16-39-44-25-34-22-21-32-13-6-7-14-36(32)43(34)29-49(44)56-51(39)40;1-11-6-8-13(9-7-11)15-17-10-12(2)14(18-15)16(3,4)5;/h6-16,18-31H,1-5H3;6-8,10H,1-5H3;/q2*-1;/i;1D3,2D3;. The van der Waals surface area contributed by atoms with Crippen molar-refractivity contribution >= 4 is 76.3 Å². The van der Waals surface area contributed by atoms with Crippen molar-refractivity contribution in [2.75, 3.05) is 0 Å². The zero-order valence-corrected chi connectivity index (χ0v) is 45.6. The topological polar surface area (TPSA) is 61.7 Å². The molecule has 1 radical (unpaired) electrons. The van der Waals surface area contributed by atoms with Crippen molar-refractivity contribution in [1.29, 1.82) is 0 Å².